The molecule has 7 heteroatoms. The van der Waals surface area contributed by atoms with Crippen LogP contribution in [0.2, 0.25) is 0 Å². The van der Waals surface area contributed by atoms with Crippen LogP contribution in [0.5, 0.6) is 0 Å². The summed E-state index contributed by atoms with van der Waals surface area (Å²) < 4.78 is 2.01. The Bertz CT molecular complexity index is 1210. The van der Waals surface area contributed by atoms with Crippen molar-refractivity contribution in [1.29, 1.82) is 0 Å². The molecule has 6 nitrogen and oxygen atoms in total. The Morgan fingerprint density at radius 2 is 1.77 bits per heavy atom. The van der Waals surface area contributed by atoms with E-state index in [0.717, 1.165) is 28.1 Å². The third-order valence-corrected chi connectivity index (χ3v) is 5.91. The molecule has 1 unspecified atom stereocenters. The van der Waals surface area contributed by atoms with E-state index < -0.39 is 0 Å². The number of thioether (sulfide) groups is 1. The first-order chi connectivity index (χ1) is 15.0. The van der Waals surface area contributed by atoms with E-state index in [4.69, 9.17) is 0 Å². The molecule has 1 atom stereocenters. The van der Waals surface area contributed by atoms with Gasteiger partial charge in [-0.2, -0.15) is 0 Å². The van der Waals surface area contributed by atoms with Crippen molar-refractivity contribution in [3.05, 3.63) is 84.2 Å². The first-order valence-corrected chi connectivity index (χ1v) is 10.9. The molecule has 0 saturated heterocycles. The minimum Gasteiger partial charge on any atom is -0.325 e. The number of hydrogen-bond acceptors (Lipinski definition) is 5. The standard InChI is InChI=1S/C24H23N5OS/c1-16-7-6-9-20(15-16)26-23(30)18(3)31-24-28-27-22(19-11-13-25-14-12-19)29(24)21-10-5-4-8-17(21)2/h4-15,18H,1-3H3,(H,26,30). The molecular weight excluding hydrogens is 406 g/mol. The van der Waals surface area contributed by atoms with Crippen molar-refractivity contribution in [2.75, 3.05) is 5.32 Å². The van der Waals surface area contributed by atoms with E-state index >= 15 is 0 Å². The van der Waals surface area contributed by atoms with Gasteiger partial charge in [0.15, 0.2) is 11.0 Å². The summed E-state index contributed by atoms with van der Waals surface area (Å²) in [4.78, 5) is 16.9. The Morgan fingerprint density at radius 3 is 2.52 bits per heavy atom. The van der Waals surface area contributed by atoms with Gasteiger partial charge >= 0.3 is 0 Å². The molecule has 4 aromatic rings. The fourth-order valence-corrected chi connectivity index (χ4v) is 4.10. The van der Waals surface area contributed by atoms with Crippen molar-refractivity contribution in [3.63, 3.8) is 0 Å². The molecule has 156 valence electrons. The highest BCUT2D eigenvalue weighted by Crippen LogP contribution is 2.31. The van der Waals surface area contributed by atoms with Crippen LogP contribution in [0.4, 0.5) is 5.69 Å². The molecule has 2 aromatic heterocycles. The van der Waals surface area contributed by atoms with Crippen molar-refractivity contribution < 1.29 is 4.79 Å². The summed E-state index contributed by atoms with van der Waals surface area (Å²) >= 11 is 1.38. The van der Waals surface area contributed by atoms with Gasteiger partial charge in [-0.25, -0.2) is 0 Å². The number of nitrogens with zero attached hydrogens (tertiary/aromatic N) is 4. The largest absolute Gasteiger partial charge is 0.325 e. The van der Waals surface area contributed by atoms with Gasteiger partial charge in [0.05, 0.1) is 10.9 Å². The Labute approximate surface area is 185 Å². The maximum Gasteiger partial charge on any atom is 0.237 e. The van der Waals surface area contributed by atoms with Crippen molar-refractivity contribution in [1.82, 2.24) is 19.7 Å². The molecule has 0 radical (unpaired) electrons. The number of nitrogens with one attached hydrogen (secondary N) is 1. The smallest absolute Gasteiger partial charge is 0.237 e. The number of pyridine rings is 1. The Morgan fingerprint density at radius 1 is 1.00 bits per heavy atom. The molecule has 1 N–H and O–H groups in total. The van der Waals surface area contributed by atoms with Gasteiger partial charge in [0, 0.05) is 23.6 Å². The number of anilines is 1. The monoisotopic (exact) mass is 429 g/mol. The number of aryl methyl sites for hydroxylation is 2. The third kappa shape index (κ3) is 4.67. The average Bonchev–Trinajstić information content (AvgIpc) is 3.18. The van der Waals surface area contributed by atoms with E-state index in [9.17, 15) is 4.79 Å². The Hall–Kier alpha value is -3.45. The molecule has 0 bridgehead atoms. The SMILES string of the molecule is Cc1cccc(NC(=O)C(C)Sc2nnc(-c3ccncc3)n2-c2ccccc2C)c1. The van der Waals surface area contributed by atoms with Crippen LogP contribution < -0.4 is 5.32 Å². The van der Waals surface area contributed by atoms with Crippen LogP contribution in [-0.2, 0) is 4.79 Å². The van der Waals surface area contributed by atoms with E-state index in [1.54, 1.807) is 12.4 Å². The minimum atomic E-state index is -0.363. The van der Waals surface area contributed by atoms with Crippen LogP contribution in [-0.4, -0.2) is 30.9 Å². The number of carbonyl (C=O) groups excluding carboxylic acids is 1. The van der Waals surface area contributed by atoms with Gasteiger partial charge in [0.25, 0.3) is 0 Å². The van der Waals surface area contributed by atoms with Gasteiger partial charge in [0.2, 0.25) is 5.91 Å². The van der Waals surface area contributed by atoms with Gasteiger partial charge < -0.3 is 5.32 Å². The summed E-state index contributed by atoms with van der Waals surface area (Å²) in [5.41, 5.74) is 4.87. The topological polar surface area (TPSA) is 72.7 Å². The summed E-state index contributed by atoms with van der Waals surface area (Å²) in [7, 11) is 0. The van der Waals surface area contributed by atoms with Gasteiger partial charge in [0.1, 0.15) is 0 Å². The van der Waals surface area contributed by atoms with Gasteiger partial charge in [-0.3, -0.25) is 14.3 Å². The molecule has 1 amide bonds. The molecule has 4 rings (SSSR count). The molecular formula is C24H23N5OS. The minimum absolute atomic E-state index is 0.0830. The number of rotatable bonds is 6. The molecule has 0 fully saturated rings. The quantitative estimate of drug-likeness (QED) is 0.434. The second kappa shape index (κ2) is 9.14. The summed E-state index contributed by atoms with van der Waals surface area (Å²) in [6, 6.07) is 19.6. The molecule has 0 saturated carbocycles. The van der Waals surface area contributed by atoms with Crippen LogP contribution in [0.3, 0.4) is 0 Å². The lowest BCUT2D eigenvalue weighted by atomic mass is 10.2. The number of benzene rings is 2. The zero-order valence-corrected chi connectivity index (χ0v) is 18.4. The van der Waals surface area contributed by atoms with Crippen molar-refractivity contribution >= 4 is 23.4 Å². The summed E-state index contributed by atoms with van der Waals surface area (Å²) in [6.45, 7) is 5.92. The van der Waals surface area contributed by atoms with E-state index in [1.165, 1.54) is 11.8 Å². The predicted octanol–water partition coefficient (Wildman–Crippen LogP) is 5.07. The van der Waals surface area contributed by atoms with E-state index in [2.05, 4.69) is 20.5 Å². The molecule has 0 aliphatic rings. The maximum absolute atomic E-state index is 12.8. The highest BCUT2D eigenvalue weighted by molar-refractivity contribution is 8.00. The zero-order chi connectivity index (χ0) is 21.8. The lowest BCUT2D eigenvalue weighted by molar-refractivity contribution is -0.115. The highest BCUT2D eigenvalue weighted by Gasteiger charge is 2.22. The number of hydrogen-bond donors (Lipinski definition) is 1. The van der Waals surface area contributed by atoms with Gasteiger partial charge in [-0.15, -0.1) is 10.2 Å². The van der Waals surface area contributed by atoms with Crippen LogP contribution in [0.15, 0.2) is 78.2 Å². The highest BCUT2D eigenvalue weighted by atomic mass is 32.2. The second-order valence-electron chi connectivity index (χ2n) is 7.28. The normalized spacial score (nSPS) is 11.8. The molecule has 0 aliphatic carbocycles. The van der Waals surface area contributed by atoms with Gasteiger partial charge in [-0.1, -0.05) is 42.1 Å². The number of amides is 1. The number of carbonyl (C=O) groups is 1. The van der Waals surface area contributed by atoms with E-state index in [0.29, 0.717) is 11.0 Å². The second-order valence-corrected chi connectivity index (χ2v) is 8.59. The number of para-hydroxylation sites is 1. The first kappa shape index (κ1) is 20.8. The zero-order valence-electron chi connectivity index (χ0n) is 17.6. The molecule has 31 heavy (non-hydrogen) atoms. The third-order valence-electron chi connectivity index (χ3n) is 4.87. The fourth-order valence-electron chi connectivity index (χ4n) is 3.24. The Balaban J connectivity index is 1.66. The van der Waals surface area contributed by atoms with Crippen LogP contribution in [0, 0.1) is 13.8 Å². The lowest BCUT2D eigenvalue weighted by Crippen LogP contribution is -2.23. The van der Waals surface area contributed by atoms with Crippen LogP contribution in [0.1, 0.15) is 18.1 Å². The van der Waals surface area contributed by atoms with E-state index in [-0.39, 0.29) is 11.2 Å². The molecule has 2 heterocycles. The molecule has 0 aliphatic heterocycles. The summed E-state index contributed by atoms with van der Waals surface area (Å²) in [6.07, 6.45) is 3.47. The van der Waals surface area contributed by atoms with Crippen molar-refractivity contribution in [3.8, 4) is 17.1 Å². The fraction of sp³-hybridized carbons (Fsp3) is 0.167. The first-order valence-electron chi connectivity index (χ1n) is 9.99. The predicted molar refractivity (Wildman–Crippen MR) is 124 cm³/mol. The van der Waals surface area contributed by atoms with Crippen LogP contribution >= 0.6 is 11.8 Å². The van der Waals surface area contributed by atoms with Crippen molar-refractivity contribution in [2.24, 2.45) is 0 Å². The maximum atomic E-state index is 12.8. The molecule has 0 spiro atoms. The van der Waals surface area contributed by atoms with Crippen molar-refractivity contribution in [2.45, 2.75) is 31.2 Å². The lowest BCUT2D eigenvalue weighted by Gasteiger charge is -2.15. The van der Waals surface area contributed by atoms with Crippen LogP contribution in [0.25, 0.3) is 17.1 Å². The number of aromatic nitrogens is 4. The summed E-state index contributed by atoms with van der Waals surface area (Å²) in [5, 5.41) is 12.2. The average molecular weight is 430 g/mol. The molecule has 2 aromatic carbocycles. The Kier molecular flexibility index (Phi) is 6.13. The van der Waals surface area contributed by atoms with E-state index in [1.807, 2.05) is 86.0 Å². The van der Waals surface area contributed by atoms with Gasteiger partial charge in [-0.05, 0) is 62.2 Å². The summed E-state index contributed by atoms with van der Waals surface area (Å²) in [5.74, 6) is 0.630.